The van der Waals surface area contributed by atoms with Crippen molar-refractivity contribution in [1.82, 2.24) is 10.6 Å². The molecule has 2 N–H and O–H groups in total. The van der Waals surface area contributed by atoms with Crippen molar-refractivity contribution >= 4 is 53.3 Å². The first-order valence-electron chi connectivity index (χ1n) is 17.8. The molecule has 0 aliphatic carbocycles. The van der Waals surface area contributed by atoms with Crippen molar-refractivity contribution in [2.24, 2.45) is 10.9 Å². The van der Waals surface area contributed by atoms with Gasteiger partial charge >= 0.3 is 24.3 Å². The highest BCUT2D eigenvalue weighted by Gasteiger charge is 2.22. The number of guanidine groups is 1. The van der Waals surface area contributed by atoms with E-state index >= 15 is 0 Å². The van der Waals surface area contributed by atoms with Crippen LogP contribution in [0.15, 0.2) is 102 Å². The molecule has 4 aromatic carbocycles. The summed E-state index contributed by atoms with van der Waals surface area (Å²) in [5.41, 5.74) is 1.53. The van der Waals surface area contributed by atoms with Gasteiger partial charge in [0.25, 0.3) is 0 Å². The third-order valence-electron chi connectivity index (χ3n) is 7.53. The molecule has 0 fully saturated rings. The molecular weight excluding hydrogens is 757 g/mol. The first-order chi connectivity index (χ1) is 26.8. The molecule has 0 aliphatic heterocycles. The van der Waals surface area contributed by atoms with Crippen LogP contribution < -0.4 is 15.4 Å². The van der Waals surface area contributed by atoms with Gasteiger partial charge in [-0.25, -0.2) is 23.8 Å². The van der Waals surface area contributed by atoms with Crippen LogP contribution in [0, 0.1) is 11.7 Å². The van der Waals surface area contributed by atoms with E-state index in [1.54, 1.807) is 65.8 Å². The second kappa shape index (κ2) is 21.2. The van der Waals surface area contributed by atoms with E-state index in [4.69, 9.17) is 35.4 Å². The van der Waals surface area contributed by atoms with Crippen LogP contribution in [-0.2, 0) is 43.1 Å². The average Bonchev–Trinajstić information content (AvgIpc) is 3.10. The molecule has 0 unspecified atom stereocenters. The van der Waals surface area contributed by atoms with Crippen molar-refractivity contribution in [3.05, 3.63) is 130 Å². The van der Waals surface area contributed by atoms with Crippen LogP contribution in [0.25, 0.3) is 0 Å². The van der Waals surface area contributed by atoms with Gasteiger partial charge in [-0.05, 0) is 126 Å². The van der Waals surface area contributed by atoms with E-state index in [0.717, 1.165) is 11.1 Å². The number of nitrogens with one attached hydrogen (secondary N) is 2. The monoisotopic (exact) mass is 801 g/mol. The number of esters is 1. The molecule has 0 aromatic heterocycles. The summed E-state index contributed by atoms with van der Waals surface area (Å²) in [7, 11) is 0. The molecule has 300 valence electrons. The van der Waals surface area contributed by atoms with E-state index in [0.29, 0.717) is 24.8 Å². The fraction of sp³-hybridized carbons (Fsp3) is 0.302. The predicted octanol–water partition coefficient (Wildman–Crippen LogP) is 8.76. The zero-order valence-corrected chi connectivity index (χ0v) is 33.3. The van der Waals surface area contributed by atoms with Gasteiger partial charge in [0, 0.05) is 17.9 Å². The number of amides is 2. The molecule has 14 heteroatoms. The lowest BCUT2D eigenvalue weighted by Gasteiger charge is -2.22. The first-order valence-corrected chi connectivity index (χ1v) is 18.2. The van der Waals surface area contributed by atoms with Crippen molar-refractivity contribution in [2.45, 2.75) is 78.4 Å². The molecule has 0 radical (unpaired) electrons. The number of ketones is 1. The summed E-state index contributed by atoms with van der Waals surface area (Å²) in [5, 5.41) is 5.08. The summed E-state index contributed by atoms with van der Waals surface area (Å²) >= 11 is 6.55. The van der Waals surface area contributed by atoms with Crippen LogP contribution in [0.5, 0.6) is 5.75 Å². The second-order valence-electron chi connectivity index (χ2n) is 14.8. The van der Waals surface area contributed by atoms with Crippen LogP contribution in [0.3, 0.4) is 0 Å². The molecule has 0 saturated carbocycles. The van der Waals surface area contributed by atoms with Gasteiger partial charge in [-0.2, -0.15) is 9.59 Å². The molecule has 4 rings (SSSR count). The summed E-state index contributed by atoms with van der Waals surface area (Å²) in [6, 6.07) is 26.9. The number of Topliss-reactive ketones (excluding diaryl/α,β-unsaturated/α-hetero) is 1. The molecule has 0 spiro atoms. The normalized spacial score (nSPS) is 11.4. The molecule has 0 saturated heterocycles. The molecule has 2 amide bonds. The van der Waals surface area contributed by atoms with Crippen molar-refractivity contribution in [2.75, 3.05) is 0 Å². The van der Waals surface area contributed by atoms with Gasteiger partial charge in [0.15, 0.2) is 0 Å². The van der Waals surface area contributed by atoms with Gasteiger partial charge in [-0.1, -0.05) is 60.1 Å². The van der Waals surface area contributed by atoms with E-state index in [1.807, 2.05) is 30.3 Å². The van der Waals surface area contributed by atoms with Gasteiger partial charge < -0.3 is 14.2 Å². The maximum Gasteiger partial charge on any atom is 0.414 e. The summed E-state index contributed by atoms with van der Waals surface area (Å²) < 4.78 is 29.6. The van der Waals surface area contributed by atoms with Crippen LogP contribution >= 0.6 is 11.6 Å². The van der Waals surface area contributed by atoms with Crippen LogP contribution in [-0.4, -0.2) is 47.3 Å². The summed E-state index contributed by atoms with van der Waals surface area (Å²) in [6.45, 7) is 10.1. The Bertz CT molecular complexity index is 2020. The number of hydrogen-bond donors (Lipinski definition) is 2. The highest BCUT2D eigenvalue weighted by Crippen LogP contribution is 2.26. The topological polar surface area (TPSA) is 167 Å². The van der Waals surface area contributed by atoms with Crippen molar-refractivity contribution < 1.29 is 47.4 Å². The molecule has 4 aromatic rings. The number of benzene rings is 4. The lowest BCUT2D eigenvalue weighted by molar-refractivity contribution is -0.191. The van der Waals surface area contributed by atoms with Crippen molar-refractivity contribution in [1.29, 1.82) is 0 Å². The van der Waals surface area contributed by atoms with Gasteiger partial charge in [0.05, 0.1) is 11.3 Å². The van der Waals surface area contributed by atoms with E-state index in [-0.39, 0.29) is 58.1 Å². The third kappa shape index (κ3) is 17.4. The van der Waals surface area contributed by atoms with Gasteiger partial charge in [0.1, 0.15) is 28.6 Å². The number of nitrogens with zero attached hydrogens (tertiary/aromatic N) is 1. The van der Waals surface area contributed by atoms with E-state index in [9.17, 15) is 23.6 Å². The SMILES string of the molecule is CC(C)(C)OC(=O)NC(=Nc1ccc(C(=O)Oc2ccc(CC(=O)C[C@H](Cc3ccccc3)Cc3ccc(F)cc3)c(Cl)c2)cc1)NC(=O)OC(C)(C)C.O=C=O. The lowest BCUT2D eigenvalue weighted by atomic mass is 9.87. The Morgan fingerprint density at radius 2 is 1.28 bits per heavy atom. The maximum atomic E-state index is 13.5. The number of alkyl carbamates (subject to hydrolysis) is 2. The molecule has 12 nitrogen and oxygen atoms in total. The number of rotatable bonds is 11. The number of aliphatic imine (C=N–C) groups is 1. The fourth-order valence-corrected chi connectivity index (χ4v) is 5.55. The zero-order valence-electron chi connectivity index (χ0n) is 32.5. The van der Waals surface area contributed by atoms with E-state index < -0.39 is 29.4 Å². The minimum atomic E-state index is -0.847. The fourth-order valence-electron chi connectivity index (χ4n) is 5.31. The lowest BCUT2D eigenvalue weighted by Crippen LogP contribution is -2.47. The number of carbonyl (C=O) groups is 4. The van der Waals surface area contributed by atoms with Crippen LogP contribution in [0.2, 0.25) is 5.02 Å². The predicted molar refractivity (Wildman–Crippen MR) is 211 cm³/mol. The van der Waals surface area contributed by atoms with Crippen LogP contribution in [0.4, 0.5) is 19.7 Å². The molecule has 57 heavy (non-hydrogen) atoms. The Kier molecular flexibility index (Phi) is 16.8. The minimum absolute atomic E-state index is 0.00168. The Hall–Kier alpha value is -6.17. The molecule has 0 bridgehead atoms. The Morgan fingerprint density at radius 3 is 1.79 bits per heavy atom. The zero-order chi connectivity index (χ0) is 42.2. The van der Waals surface area contributed by atoms with Gasteiger partial charge in [-0.15, -0.1) is 0 Å². The Morgan fingerprint density at radius 1 is 0.754 bits per heavy atom. The molecular formula is C43H45ClFN3O9. The summed E-state index contributed by atoms with van der Waals surface area (Å²) in [4.78, 5) is 71.6. The van der Waals surface area contributed by atoms with E-state index in [1.165, 1.54) is 42.5 Å². The van der Waals surface area contributed by atoms with Gasteiger partial charge in [0.2, 0.25) is 5.96 Å². The number of ether oxygens (including phenoxy) is 3. The van der Waals surface area contributed by atoms with Crippen molar-refractivity contribution in [3.63, 3.8) is 0 Å². The minimum Gasteiger partial charge on any atom is -0.444 e. The van der Waals surface area contributed by atoms with Crippen molar-refractivity contribution in [3.8, 4) is 5.75 Å². The quantitative estimate of drug-likeness (QED) is 0.0653. The first kappa shape index (κ1) is 45.2. The highest BCUT2D eigenvalue weighted by molar-refractivity contribution is 6.31. The Balaban J connectivity index is 0.00000281. The smallest absolute Gasteiger partial charge is 0.414 e. The molecule has 1 atom stereocenters. The van der Waals surface area contributed by atoms with E-state index in [2.05, 4.69) is 15.6 Å². The number of halogens is 2. The Labute approximate surface area is 335 Å². The maximum absolute atomic E-state index is 13.5. The average molecular weight is 802 g/mol. The second-order valence-corrected chi connectivity index (χ2v) is 15.2. The molecule has 0 aliphatic rings. The number of hydrogen-bond acceptors (Lipinski definition) is 10. The third-order valence-corrected chi connectivity index (χ3v) is 7.88. The molecule has 0 heterocycles. The standard InChI is InChI=1S/C42H45ClFN3O7.CO2/c1-41(2,3)53-39(50)46-38(47-40(51)54-42(4,5)6)45-33-19-14-30(15-20-33)37(49)52-35-21-16-31(36(43)26-35)25-34(48)24-29(22-27-10-8-7-9-11-27)23-28-12-17-32(44)18-13-28;2-1-3/h7-21,26,29H,22-25H2,1-6H3,(H2,45,46,47,50,51);/t29-;/m1./s1. The number of carbonyl (C=O) groups excluding carboxylic acids is 6. The highest BCUT2D eigenvalue weighted by atomic mass is 35.5. The van der Waals surface area contributed by atoms with Crippen LogP contribution in [0.1, 0.15) is 75.0 Å². The van der Waals surface area contributed by atoms with Gasteiger partial charge in [-0.3, -0.25) is 15.4 Å². The summed E-state index contributed by atoms with van der Waals surface area (Å²) in [6.07, 6.45) is 0.255. The largest absolute Gasteiger partial charge is 0.444 e. The summed E-state index contributed by atoms with van der Waals surface area (Å²) in [5.74, 6) is -1.05.